The molecule has 0 spiro atoms. The molecule has 0 radical (unpaired) electrons. The van der Waals surface area contributed by atoms with E-state index in [4.69, 9.17) is 5.11 Å². The van der Waals surface area contributed by atoms with Crippen molar-refractivity contribution in [2.24, 2.45) is 0 Å². The number of nitrogens with zero attached hydrogens (tertiary/aromatic N) is 3. The molecular weight excluding hydrogens is 238 g/mol. The lowest BCUT2D eigenvalue weighted by molar-refractivity contribution is -0.141. The van der Waals surface area contributed by atoms with Crippen molar-refractivity contribution < 1.29 is 14.7 Å². The van der Waals surface area contributed by atoms with Crippen LogP contribution in [-0.2, 0) is 11.2 Å². The van der Waals surface area contributed by atoms with Crippen LogP contribution in [0.15, 0.2) is 6.33 Å². The fraction of sp³-hybridized carbons (Fsp3) is 0.600. The summed E-state index contributed by atoms with van der Waals surface area (Å²) in [6, 6.07) is -1.22. The summed E-state index contributed by atoms with van der Waals surface area (Å²) in [5.41, 5.74) is 0. The van der Waals surface area contributed by atoms with Crippen molar-refractivity contribution in [3.8, 4) is 0 Å². The molecule has 2 amide bonds. The fourth-order valence-electron chi connectivity index (χ4n) is 1.52. The number of carbonyl (C=O) groups excluding carboxylic acids is 1. The maximum Gasteiger partial charge on any atom is 0.326 e. The van der Waals surface area contributed by atoms with Gasteiger partial charge in [-0.1, -0.05) is 6.92 Å². The molecule has 0 aliphatic rings. The van der Waals surface area contributed by atoms with E-state index in [1.54, 1.807) is 6.92 Å². The Kier molecular flexibility index (Phi) is 5.09. The molecule has 8 nitrogen and oxygen atoms in total. The summed E-state index contributed by atoms with van der Waals surface area (Å²) in [6.07, 6.45) is 2.27. The van der Waals surface area contributed by atoms with Gasteiger partial charge in [0.1, 0.15) is 18.2 Å². The van der Waals surface area contributed by atoms with E-state index < -0.39 is 18.0 Å². The Balaban J connectivity index is 2.37. The maximum atomic E-state index is 11.7. The molecule has 1 aromatic rings. The summed E-state index contributed by atoms with van der Waals surface area (Å²) in [7, 11) is 1.46. The first-order valence-corrected chi connectivity index (χ1v) is 5.64. The third-order valence-corrected chi connectivity index (χ3v) is 2.56. The van der Waals surface area contributed by atoms with Gasteiger partial charge >= 0.3 is 12.0 Å². The minimum atomic E-state index is -1.01. The molecule has 0 bridgehead atoms. The molecular formula is C10H17N5O3. The molecule has 0 aromatic carbocycles. The molecule has 1 atom stereocenters. The summed E-state index contributed by atoms with van der Waals surface area (Å²) < 4.78 is 0. The Labute approximate surface area is 104 Å². The van der Waals surface area contributed by atoms with Crippen LogP contribution in [0.25, 0.3) is 0 Å². The summed E-state index contributed by atoms with van der Waals surface area (Å²) in [6.45, 7) is 2.09. The van der Waals surface area contributed by atoms with Crippen molar-refractivity contribution in [1.82, 2.24) is 25.4 Å². The molecule has 0 fully saturated rings. The number of H-pyrrole nitrogens is 1. The van der Waals surface area contributed by atoms with E-state index in [1.807, 2.05) is 0 Å². The average Bonchev–Trinajstić information content (AvgIpc) is 2.82. The minimum Gasteiger partial charge on any atom is -0.480 e. The lowest BCUT2D eigenvalue weighted by Gasteiger charge is -2.23. The van der Waals surface area contributed by atoms with E-state index in [9.17, 15) is 9.59 Å². The van der Waals surface area contributed by atoms with Gasteiger partial charge in [-0.05, 0) is 6.42 Å². The number of aromatic nitrogens is 3. The van der Waals surface area contributed by atoms with E-state index in [0.717, 1.165) is 0 Å². The van der Waals surface area contributed by atoms with Crippen LogP contribution >= 0.6 is 0 Å². The second-order valence-corrected chi connectivity index (χ2v) is 3.79. The molecule has 1 heterocycles. The van der Waals surface area contributed by atoms with Crippen molar-refractivity contribution in [2.75, 3.05) is 13.6 Å². The number of aliphatic carboxylic acids is 1. The summed E-state index contributed by atoms with van der Waals surface area (Å²) >= 11 is 0. The van der Waals surface area contributed by atoms with Gasteiger partial charge in [0.15, 0.2) is 0 Å². The van der Waals surface area contributed by atoms with Crippen molar-refractivity contribution in [1.29, 1.82) is 0 Å². The van der Waals surface area contributed by atoms with Gasteiger partial charge in [0, 0.05) is 20.0 Å². The molecule has 1 unspecified atom stereocenters. The first-order valence-electron chi connectivity index (χ1n) is 5.64. The number of carboxylic acids is 1. The molecule has 100 valence electrons. The quantitative estimate of drug-likeness (QED) is 0.654. The van der Waals surface area contributed by atoms with Gasteiger partial charge in [-0.2, -0.15) is 5.10 Å². The van der Waals surface area contributed by atoms with Crippen LogP contribution in [0, 0.1) is 0 Å². The third kappa shape index (κ3) is 3.72. The van der Waals surface area contributed by atoms with E-state index in [2.05, 4.69) is 20.5 Å². The van der Waals surface area contributed by atoms with Crippen LogP contribution in [-0.4, -0.2) is 56.8 Å². The van der Waals surface area contributed by atoms with Gasteiger partial charge in [-0.25, -0.2) is 14.6 Å². The smallest absolute Gasteiger partial charge is 0.326 e. The lowest BCUT2D eigenvalue weighted by atomic mass is 10.2. The highest BCUT2D eigenvalue weighted by Crippen LogP contribution is 2.02. The highest BCUT2D eigenvalue weighted by molar-refractivity contribution is 5.82. The van der Waals surface area contributed by atoms with E-state index >= 15 is 0 Å². The first kappa shape index (κ1) is 13.9. The number of likely N-dealkylation sites (N-methyl/N-ethyl adjacent to an activating group) is 1. The Bertz CT molecular complexity index is 392. The van der Waals surface area contributed by atoms with Gasteiger partial charge in [0.05, 0.1) is 0 Å². The van der Waals surface area contributed by atoms with Gasteiger partial charge in [-0.3, -0.25) is 5.10 Å². The highest BCUT2D eigenvalue weighted by Gasteiger charge is 2.24. The number of aromatic amines is 1. The number of hydrogen-bond donors (Lipinski definition) is 3. The highest BCUT2D eigenvalue weighted by atomic mass is 16.4. The van der Waals surface area contributed by atoms with E-state index in [1.165, 1.54) is 18.3 Å². The van der Waals surface area contributed by atoms with Gasteiger partial charge < -0.3 is 15.3 Å². The molecule has 0 aliphatic carbocycles. The van der Waals surface area contributed by atoms with E-state index in [-0.39, 0.29) is 0 Å². The predicted molar refractivity (Wildman–Crippen MR) is 63.0 cm³/mol. The molecule has 0 aliphatic heterocycles. The van der Waals surface area contributed by atoms with Crippen molar-refractivity contribution in [3.63, 3.8) is 0 Å². The zero-order chi connectivity index (χ0) is 13.5. The number of nitrogens with one attached hydrogen (secondary N) is 2. The van der Waals surface area contributed by atoms with Crippen LogP contribution in [0.1, 0.15) is 19.2 Å². The Morgan fingerprint density at radius 2 is 2.33 bits per heavy atom. The number of amides is 2. The molecule has 18 heavy (non-hydrogen) atoms. The average molecular weight is 255 g/mol. The molecule has 1 rings (SSSR count). The molecule has 0 saturated heterocycles. The third-order valence-electron chi connectivity index (χ3n) is 2.56. The SMILES string of the molecule is CCC(C(=O)O)N(C)C(=O)NCCc1ncn[nH]1. The Hall–Kier alpha value is -2.12. The van der Waals surface area contributed by atoms with Crippen LogP contribution in [0.3, 0.4) is 0 Å². The second-order valence-electron chi connectivity index (χ2n) is 3.79. The van der Waals surface area contributed by atoms with Gasteiger partial charge in [-0.15, -0.1) is 0 Å². The first-order chi connectivity index (χ1) is 8.56. The number of hydrogen-bond acceptors (Lipinski definition) is 4. The topological polar surface area (TPSA) is 111 Å². The lowest BCUT2D eigenvalue weighted by Crippen LogP contribution is -2.47. The number of carboxylic acid groups (broad SMARTS) is 1. The normalized spacial score (nSPS) is 11.9. The zero-order valence-electron chi connectivity index (χ0n) is 10.4. The Morgan fingerprint density at radius 1 is 1.61 bits per heavy atom. The summed E-state index contributed by atoms with van der Waals surface area (Å²) in [4.78, 5) is 27.7. The summed E-state index contributed by atoms with van der Waals surface area (Å²) in [5.74, 6) is -0.339. The van der Waals surface area contributed by atoms with Crippen molar-refractivity contribution in [2.45, 2.75) is 25.8 Å². The van der Waals surface area contributed by atoms with Crippen molar-refractivity contribution in [3.05, 3.63) is 12.2 Å². The number of carbonyl (C=O) groups is 2. The zero-order valence-corrected chi connectivity index (χ0v) is 10.4. The molecule has 1 aromatic heterocycles. The van der Waals surface area contributed by atoms with Crippen LogP contribution in [0.4, 0.5) is 4.79 Å². The van der Waals surface area contributed by atoms with Gasteiger partial charge in [0.2, 0.25) is 0 Å². The minimum absolute atomic E-state index is 0.362. The monoisotopic (exact) mass is 255 g/mol. The second kappa shape index (κ2) is 6.58. The predicted octanol–water partition coefficient (Wildman–Crippen LogP) is -0.148. The number of urea groups is 1. The van der Waals surface area contributed by atoms with Crippen molar-refractivity contribution >= 4 is 12.0 Å². The van der Waals surface area contributed by atoms with E-state index in [0.29, 0.717) is 25.2 Å². The standard InChI is InChI=1S/C10H17N5O3/c1-3-7(9(16)17)15(2)10(18)11-5-4-8-12-6-13-14-8/h6-7H,3-5H2,1-2H3,(H,11,18)(H,16,17)(H,12,13,14). The number of rotatable bonds is 6. The molecule has 0 saturated carbocycles. The van der Waals surface area contributed by atoms with Crippen LogP contribution < -0.4 is 5.32 Å². The largest absolute Gasteiger partial charge is 0.480 e. The maximum absolute atomic E-state index is 11.7. The molecule has 8 heteroatoms. The summed E-state index contributed by atoms with van der Waals surface area (Å²) in [5, 5.41) is 17.9. The Morgan fingerprint density at radius 3 is 2.83 bits per heavy atom. The van der Waals surface area contributed by atoms with Crippen LogP contribution in [0.5, 0.6) is 0 Å². The molecule has 3 N–H and O–H groups in total. The fourth-order valence-corrected chi connectivity index (χ4v) is 1.52. The van der Waals surface area contributed by atoms with Crippen LogP contribution in [0.2, 0.25) is 0 Å². The van der Waals surface area contributed by atoms with Gasteiger partial charge in [0.25, 0.3) is 0 Å².